The van der Waals surface area contributed by atoms with Gasteiger partial charge in [-0.2, -0.15) is 5.10 Å². The maximum absolute atomic E-state index is 13.0. The number of rotatable bonds is 5. The maximum atomic E-state index is 13.0. The van der Waals surface area contributed by atoms with Gasteiger partial charge in [-0.1, -0.05) is 18.2 Å². The van der Waals surface area contributed by atoms with E-state index in [1.54, 1.807) is 43.3 Å². The van der Waals surface area contributed by atoms with Crippen molar-refractivity contribution >= 4 is 23.2 Å². The summed E-state index contributed by atoms with van der Waals surface area (Å²) in [5.74, 6) is -1.25. The standard InChI is InChI=1S/C22H18FN3O3/c1-14(25-26-22(29)17-5-3-7-20(27)13-17)16-4-2-6-19(12-16)24-21(28)15-8-10-18(23)11-9-15/h2-13,27H,1H3,(H,24,28)(H,26,29)/b25-14-. The molecule has 3 rings (SSSR count). The molecule has 0 bridgehead atoms. The molecular formula is C22H18FN3O3. The van der Waals surface area contributed by atoms with Crippen molar-refractivity contribution in [1.82, 2.24) is 5.43 Å². The van der Waals surface area contributed by atoms with Crippen molar-refractivity contribution in [3.05, 3.63) is 95.3 Å². The van der Waals surface area contributed by atoms with Crippen molar-refractivity contribution in [1.29, 1.82) is 0 Å². The van der Waals surface area contributed by atoms with Crippen molar-refractivity contribution < 1.29 is 19.1 Å². The summed E-state index contributed by atoms with van der Waals surface area (Å²) in [6.45, 7) is 1.71. The Morgan fingerprint density at radius 3 is 2.28 bits per heavy atom. The lowest BCUT2D eigenvalue weighted by molar-refractivity contribution is 0.0953. The number of aromatic hydroxyl groups is 1. The van der Waals surface area contributed by atoms with Crippen LogP contribution in [-0.2, 0) is 0 Å². The molecule has 7 heteroatoms. The molecule has 6 nitrogen and oxygen atoms in total. The highest BCUT2D eigenvalue weighted by atomic mass is 19.1. The fourth-order valence-electron chi connectivity index (χ4n) is 2.54. The number of phenols is 1. The summed E-state index contributed by atoms with van der Waals surface area (Å²) in [6.07, 6.45) is 0. The number of phenolic OH excluding ortho intramolecular Hbond substituents is 1. The number of carbonyl (C=O) groups excluding carboxylic acids is 2. The SMILES string of the molecule is C/C(=N/NC(=O)c1cccc(O)c1)c1cccc(NC(=O)c2ccc(F)cc2)c1. The Morgan fingerprint density at radius 1 is 0.862 bits per heavy atom. The average Bonchev–Trinajstić information content (AvgIpc) is 2.72. The number of carbonyl (C=O) groups is 2. The second-order valence-electron chi connectivity index (χ2n) is 6.23. The van der Waals surface area contributed by atoms with Gasteiger partial charge in [0.2, 0.25) is 0 Å². The van der Waals surface area contributed by atoms with E-state index < -0.39 is 11.7 Å². The molecule has 0 atom stereocenters. The summed E-state index contributed by atoms with van der Waals surface area (Å²) in [6, 6.07) is 18.1. The third-order valence-electron chi connectivity index (χ3n) is 4.08. The molecule has 0 aliphatic carbocycles. The lowest BCUT2D eigenvalue weighted by Gasteiger charge is -2.08. The predicted molar refractivity (Wildman–Crippen MR) is 109 cm³/mol. The van der Waals surface area contributed by atoms with Gasteiger partial charge >= 0.3 is 0 Å². The molecule has 0 aromatic heterocycles. The zero-order valence-electron chi connectivity index (χ0n) is 15.5. The topological polar surface area (TPSA) is 90.8 Å². The van der Waals surface area contributed by atoms with Crippen LogP contribution in [0, 0.1) is 5.82 Å². The highest BCUT2D eigenvalue weighted by Crippen LogP contribution is 2.14. The van der Waals surface area contributed by atoms with Gasteiger partial charge in [-0.3, -0.25) is 9.59 Å². The lowest BCUT2D eigenvalue weighted by atomic mass is 10.1. The van der Waals surface area contributed by atoms with Crippen LogP contribution in [0.4, 0.5) is 10.1 Å². The molecule has 0 aliphatic rings. The van der Waals surface area contributed by atoms with Gasteiger partial charge in [0.1, 0.15) is 11.6 Å². The monoisotopic (exact) mass is 391 g/mol. The van der Waals surface area contributed by atoms with Gasteiger partial charge < -0.3 is 10.4 Å². The molecule has 3 aromatic rings. The van der Waals surface area contributed by atoms with Crippen molar-refractivity contribution in [2.45, 2.75) is 6.92 Å². The van der Waals surface area contributed by atoms with Crippen LogP contribution in [0.5, 0.6) is 5.75 Å². The fourth-order valence-corrected chi connectivity index (χ4v) is 2.54. The first-order valence-electron chi connectivity index (χ1n) is 8.73. The number of hydrogen-bond donors (Lipinski definition) is 3. The summed E-state index contributed by atoms with van der Waals surface area (Å²) in [5, 5.41) is 16.3. The quantitative estimate of drug-likeness (QED) is 0.455. The zero-order chi connectivity index (χ0) is 20.8. The molecular weight excluding hydrogens is 373 g/mol. The number of benzene rings is 3. The Balaban J connectivity index is 1.69. The summed E-state index contributed by atoms with van der Waals surface area (Å²) in [4.78, 5) is 24.4. The number of anilines is 1. The highest BCUT2D eigenvalue weighted by molar-refractivity contribution is 6.06. The van der Waals surface area contributed by atoms with Crippen molar-refractivity contribution in [2.24, 2.45) is 5.10 Å². The number of amides is 2. The Kier molecular flexibility index (Phi) is 5.99. The van der Waals surface area contributed by atoms with E-state index in [2.05, 4.69) is 15.8 Å². The van der Waals surface area contributed by atoms with Gasteiger partial charge in [0.25, 0.3) is 11.8 Å². The number of nitrogens with zero attached hydrogens (tertiary/aromatic N) is 1. The molecule has 0 fully saturated rings. The second-order valence-corrected chi connectivity index (χ2v) is 6.23. The average molecular weight is 391 g/mol. The van der Waals surface area contributed by atoms with E-state index in [0.717, 1.165) is 0 Å². The van der Waals surface area contributed by atoms with Gasteiger partial charge in [0, 0.05) is 16.8 Å². The van der Waals surface area contributed by atoms with Gasteiger partial charge in [0.05, 0.1) is 5.71 Å². The van der Waals surface area contributed by atoms with E-state index in [-0.39, 0.29) is 17.2 Å². The van der Waals surface area contributed by atoms with Crippen LogP contribution in [0.25, 0.3) is 0 Å². The van der Waals surface area contributed by atoms with Gasteiger partial charge in [-0.15, -0.1) is 0 Å². The van der Waals surface area contributed by atoms with Crippen molar-refractivity contribution in [3.63, 3.8) is 0 Å². The molecule has 0 saturated heterocycles. The van der Waals surface area contributed by atoms with Crippen molar-refractivity contribution in [2.75, 3.05) is 5.32 Å². The number of hydrogen-bond acceptors (Lipinski definition) is 4. The largest absolute Gasteiger partial charge is 0.508 e. The highest BCUT2D eigenvalue weighted by Gasteiger charge is 2.08. The molecule has 2 amide bonds. The molecule has 146 valence electrons. The Labute approximate surface area is 166 Å². The first-order valence-corrected chi connectivity index (χ1v) is 8.73. The van der Waals surface area contributed by atoms with E-state index in [9.17, 15) is 19.1 Å². The van der Waals surface area contributed by atoms with Crippen LogP contribution in [0.3, 0.4) is 0 Å². The molecule has 0 unspecified atom stereocenters. The van der Waals surface area contributed by atoms with E-state index >= 15 is 0 Å². The van der Waals surface area contributed by atoms with Gasteiger partial charge in [0.15, 0.2) is 0 Å². The molecule has 0 radical (unpaired) electrons. The minimum atomic E-state index is -0.457. The molecule has 3 aromatic carbocycles. The van der Waals surface area contributed by atoms with Gasteiger partial charge in [-0.25, -0.2) is 9.82 Å². The summed E-state index contributed by atoms with van der Waals surface area (Å²) in [5.41, 5.74) is 4.79. The number of halogens is 1. The molecule has 29 heavy (non-hydrogen) atoms. The molecule has 0 spiro atoms. The normalized spacial score (nSPS) is 11.0. The van der Waals surface area contributed by atoms with Crippen LogP contribution in [0.1, 0.15) is 33.2 Å². The zero-order valence-corrected chi connectivity index (χ0v) is 15.5. The lowest BCUT2D eigenvalue weighted by Crippen LogP contribution is -2.19. The minimum Gasteiger partial charge on any atom is -0.508 e. The first kappa shape index (κ1) is 19.8. The molecule has 0 saturated carbocycles. The van der Waals surface area contributed by atoms with E-state index in [1.165, 1.54) is 36.4 Å². The maximum Gasteiger partial charge on any atom is 0.271 e. The van der Waals surface area contributed by atoms with E-state index in [1.807, 2.05) is 0 Å². The number of nitrogens with one attached hydrogen (secondary N) is 2. The summed E-state index contributed by atoms with van der Waals surface area (Å²) >= 11 is 0. The molecule has 0 aliphatic heterocycles. The van der Waals surface area contributed by atoms with Crippen molar-refractivity contribution in [3.8, 4) is 5.75 Å². The molecule has 0 heterocycles. The minimum absolute atomic E-state index is 0.0112. The van der Waals surface area contributed by atoms with E-state index in [4.69, 9.17) is 0 Å². The van der Waals surface area contributed by atoms with Crippen LogP contribution in [0.15, 0.2) is 77.9 Å². The third kappa shape index (κ3) is 5.26. The van der Waals surface area contributed by atoms with Crippen LogP contribution in [-0.4, -0.2) is 22.6 Å². The van der Waals surface area contributed by atoms with Crippen LogP contribution >= 0.6 is 0 Å². The number of hydrazone groups is 1. The first-order chi connectivity index (χ1) is 13.9. The summed E-state index contributed by atoms with van der Waals surface area (Å²) in [7, 11) is 0. The Bertz CT molecular complexity index is 1080. The van der Waals surface area contributed by atoms with E-state index in [0.29, 0.717) is 22.5 Å². The predicted octanol–water partition coefficient (Wildman–Crippen LogP) is 3.94. The third-order valence-corrected chi connectivity index (χ3v) is 4.08. The smallest absolute Gasteiger partial charge is 0.271 e. The van der Waals surface area contributed by atoms with Crippen LogP contribution in [0.2, 0.25) is 0 Å². The summed E-state index contributed by atoms with van der Waals surface area (Å²) < 4.78 is 13.0. The fraction of sp³-hybridized carbons (Fsp3) is 0.0455. The van der Waals surface area contributed by atoms with Gasteiger partial charge in [-0.05, 0) is 67.1 Å². The molecule has 3 N–H and O–H groups in total. The Morgan fingerprint density at radius 2 is 1.55 bits per heavy atom. The van der Waals surface area contributed by atoms with Crippen LogP contribution < -0.4 is 10.7 Å². The Hall–Kier alpha value is -4.00. The second kappa shape index (κ2) is 8.79.